The molecule has 0 fully saturated rings. The number of sulfonamides is 1. The van der Waals surface area contributed by atoms with Crippen LogP contribution in [-0.4, -0.2) is 21.3 Å². The van der Waals surface area contributed by atoms with Crippen LogP contribution in [0.5, 0.6) is 5.75 Å². The summed E-state index contributed by atoms with van der Waals surface area (Å²) in [5.41, 5.74) is 0. The minimum atomic E-state index is -3.11. The third-order valence-corrected chi connectivity index (χ3v) is 2.40. The van der Waals surface area contributed by atoms with Crippen molar-refractivity contribution in [3.8, 4) is 5.75 Å². The molecule has 89 valence electrons. The van der Waals surface area contributed by atoms with Crippen molar-refractivity contribution in [2.45, 2.75) is 12.8 Å². The summed E-state index contributed by atoms with van der Waals surface area (Å²) in [6.45, 7) is 2.11. The van der Waals surface area contributed by atoms with Crippen LogP contribution in [0.1, 0.15) is 12.8 Å². The average Bonchev–Trinajstić information content (AvgIpc) is 2.23. The molecule has 0 amide bonds. The van der Waals surface area contributed by atoms with E-state index in [1.54, 1.807) is 0 Å². The maximum Gasteiger partial charge on any atom is 0.209 e. The number of hydrogen-bond donors (Lipinski definition) is 1. The van der Waals surface area contributed by atoms with Gasteiger partial charge in [0.25, 0.3) is 0 Å². The Bertz CT molecular complexity index is 389. The van der Waals surface area contributed by atoms with Crippen LogP contribution in [-0.2, 0) is 10.0 Å². The third-order valence-electron chi connectivity index (χ3n) is 1.80. The van der Waals surface area contributed by atoms with E-state index in [1.165, 1.54) is 6.54 Å². The van der Waals surface area contributed by atoms with Crippen LogP contribution in [0.15, 0.2) is 30.3 Å². The Morgan fingerprint density at radius 2 is 2.00 bits per heavy atom. The van der Waals surface area contributed by atoms with Gasteiger partial charge < -0.3 is 4.74 Å². The van der Waals surface area contributed by atoms with Crippen molar-refractivity contribution < 1.29 is 13.2 Å². The highest BCUT2D eigenvalue weighted by atomic mass is 32.2. The zero-order chi connectivity index (χ0) is 11.9. The number of hydrogen-bond acceptors (Lipinski definition) is 3. The molecule has 0 unspecified atom stereocenters. The van der Waals surface area contributed by atoms with Gasteiger partial charge in [0.15, 0.2) is 0 Å². The van der Waals surface area contributed by atoms with E-state index in [0.717, 1.165) is 18.4 Å². The van der Waals surface area contributed by atoms with E-state index >= 15 is 0 Å². The molecular weight excluding hydrogens is 226 g/mol. The van der Waals surface area contributed by atoms with E-state index in [4.69, 9.17) is 4.74 Å². The molecule has 0 spiro atoms. The molecule has 16 heavy (non-hydrogen) atoms. The van der Waals surface area contributed by atoms with E-state index in [-0.39, 0.29) is 0 Å². The van der Waals surface area contributed by atoms with Gasteiger partial charge in [0.05, 0.1) is 12.9 Å². The summed E-state index contributed by atoms with van der Waals surface area (Å²) in [6.07, 6.45) is 2.56. The van der Waals surface area contributed by atoms with Crippen molar-refractivity contribution in [3.05, 3.63) is 36.9 Å². The summed E-state index contributed by atoms with van der Waals surface area (Å²) in [4.78, 5) is 0. The van der Waals surface area contributed by atoms with Gasteiger partial charge in [0.1, 0.15) is 5.75 Å². The molecule has 0 aromatic heterocycles. The molecule has 1 aromatic carbocycles. The molecule has 0 bridgehead atoms. The molecule has 4 nitrogen and oxygen atoms in total. The number of nitrogens with one attached hydrogen (secondary N) is 1. The predicted octanol–water partition coefficient (Wildman–Crippen LogP) is 1.56. The molecule has 5 heteroatoms. The van der Waals surface area contributed by atoms with Gasteiger partial charge in [0, 0.05) is 6.54 Å². The third kappa shape index (κ3) is 6.42. The second-order valence-electron chi connectivity index (χ2n) is 3.40. The van der Waals surface area contributed by atoms with E-state index in [2.05, 4.69) is 4.72 Å². The second-order valence-corrected chi connectivity index (χ2v) is 5.18. The highest BCUT2D eigenvalue weighted by molar-refractivity contribution is 7.88. The van der Waals surface area contributed by atoms with Gasteiger partial charge in [-0.15, -0.1) is 0 Å². The van der Waals surface area contributed by atoms with Gasteiger partial charge in [-0.05, 0) is 25.0 Å². The first-order valence-corrected chi connectivity index (χ1v) is 6.94. The molecule has 1 aromatic rings. The highest BCUT2D eigenvalue weighted by Gasteiger charge is 1.99. The second kappa shape index (κ2) is 6.50. The topological polar surface area (TPSA) is 55.4 Å². The first-order chi connectivity index (χ1) is 7.58. The molecule has 0 aliphatic heterocycles. The van der Waals surface area contributed by atoms with Gasteiger partial charge in [-0.1, -0.05) is 18.2 Å². The quantitative estimate of drug-likeness (QED) is 0.738. The molecule has 1 rings (SSSR count). The van der Waals surface area contributed by atoms with Crippen molar-refractivity contribution >= 4 is 10.0 Å². The smallest absolute Gasteiger partial charge is 0.209 e. The SMILES string of the molecule is CS(=O)(=O)N[CH]CCCOc1ccccc1. The Labute approximate surface area is 96.7 Å². The number of para-hydroxylation sites is 1. The highest BCUT2D eigenvalue weighted by Crippen LogP contribution is 2.08. The summed E-state index contributed by atoms with van der Waals surface area (Å²) in [5.74, 6) is 0.832. The predicted molar refractivity (Wildman–Crippen MR) is 63.5 cm³/mol. The monoisotopic (exact) mass is 242 g/mol. The van der Waals surface area contributed by atoms with Gasteiger partial charge in [0.2, 0.25) is 10.0 Å². The zero-order valence-corrected chi connectivity index (χ0v) is 10.0. The summed E-state index contributed by atoms with van der Waals surface area (Å²) in [5, 5.41) is 0. The Morgan fingerprint density at radius 1 is 1.31 bits per heavy atom. The van der Waals surface area contributed by atoms with Crippen LogP contribution in [0.3, 0.4) is 0 Å². The molecular formula is C11H16NO3S. The van der Waals surface area contributed by atoms with E-state index in [0.29, 0.717) is 13.0 Å². The summed E-state index contributed by atoms with van der Waals surface area (Å²) in [6, 6.07) is 9.52. The lowest BCUT2D eigenvalue weighted by Crippen LogP contribution is -2.19. The first-order valence-electron chi connectivity index (χ1n) is 5.05. The number of benzene rings is 1. The Hall–Kier alpha value is -1.07. The fraction of sp³-hybridized carbons (Fsp3) is 0.364. The molecule has 0 saturated heterocycles. The normalized spacial score (nSPS) is 11.3. The molecule has 1 N–H and O–H groups in total. The van der Waals surface area contributed by atoms with Crippen molar-refractivity contribution in [2.24, 2.45) is 0 Å². The van der Waals surface area contributed by atoms with Gasteiger partial charge in [-0.3, -0.25) is 0 Å². The molecule has 0 aliphatic rings. The molecule has 1 radical (unpaired) electrons. The fourth-order valence-corrected chi connectivity index (χ4v) is 1.52. The standard InChI is InChI=1S/C11H16NO3S/c1-16(13,14)12-9-5-6-10-15-11-7-3-2-4-8-11/h2-4,7-9,12H,5-6,10H2,1H3. The van der Waals surface area contributed by atoms with Gasteiger partial charge >= 0.3 is 0 Å². The molecule has 0 atom stereocenters. The van der Waals surface area contributed by atoms with Gasteiger partial charge in [-0.25, -0.2) is 13.1 Å². The number of ether oxygens (including phenoxy) is 1. The largest absolute Gasteiger partial charge is 0.494 e. The lowest BCUT2D eigenvalue weighted by molar-refractivity contribution is 0.310. The maximum atomic E-state index is 10.7. The molecule has 0 heterocycles. The minimum Gasteiger partial charge on any atom is -0.494 e. The maximum absolute atomic E-state index is 10.7. The first kappa shape index (κ1) is 13.0. The molecule has 0 saturated carbocycles. The summed E-state index contributed by atoms with van der Waals surface area (Å²) in [7, 11) is -3.11. The van der Waals surface area contributed by atoms with Gasteiger partial charge in [-0.2, -0.15) is 0 Å². The Balaban J connectivity index is 2.05. The Morgan fingerprint density at radius 3 is 2.62 bits per heavy atom. The number of rotatable bonds is 7. The summed E-state index contributed by atoms with van der Waals surface area (Å²) < 4.78 is 29.2. The lowest BCUT2D eigenvalue weighted by Gasteiger charge is -2.05. The average molecular weight is 242 g/mol. The van der Waals surface area contributed by atoms with Crippen molar-refractivity contribution in [1.82, 2.24) is 4.72 Å². The van der Waals surface area contributed by atoms with Crippen molar-refractivity contribution in [2.75, 3.05) is 12.9 Å². The minimum absolute atomic E-state index is 0.575. The van der Waals surface area contributed by atoms with Crippen LogP contribution in [0.25, 0.3) is 0 Å². The van der Waals surface area contributed by atoms with Crippen LogP contribution < -0.4 is 9.46 Å². The zero-order valence-electron chi connectivity index (χ0n) is 9.22. The van der Waals surface area contributed by atoms with Crippen LogP contribution in [0, 0.1) is 6.54 Å². The Kier molecular flexibility index (Phi) is 5.28. The number of unbranched alkanes of at least 4 members (excludes halogenated alkanes) is 1. The molecule has 0 aliphatic carbocycles. The van der Waals surface area contributed by atoms with Crippen LogP contribution in [0.4, 0.5) is 0 Å². The van der Waals surface area contributed by atoms with Crippen LogP contribution in [0.2, 0.25) is 0 Å². The fourth-order valence-electron chi connectivity index (χ4n) is 1.10. The van der Waals surface area contributed by atoms with E-state index in [9.17, 15) is 8.42 Å². The van der Waals surface area contributed by atoms with Crippen molar-refractivity contribution in [1.29, 1.82) is 0 Å². The summed E-state index contributed by atoms with van der Waals surface area (Å²) >= 11 is 0. The van der Waals surface area contributed by atoms with E-state index in [1.807, 2.05) is 30.3 Å². The van der Waals surface area contributed by atoms with E-state index < -0.39 is 10.0 Å². The lowest BCUT2D eigenvalue weighted by atomic mass is 10.3. The van der Waals surface area contributed by atoms with Crippen LogP contribution >= 0.6 is 0 Å². The van der Waals surface area contributed by atoms with Crippen molar-refractivity contribution in [3.63, 3.8) is 0 Å².